The molecule has 0 saturated heterocycles. The van der Waals surface area contributed by atoms with E-state index in [1.165, 1.54) is 0 Å². The highest BCUT2D eigenvalue weighted by Gasteiger charge is 2.17. The Labute approximate surface area is 120 Å². The lowest BCUT2D eigenvalue weighted by molar-refractivity contribution is 0.295. The molecule has 4 nitrogen and oxygen atoms in total. The summed E-state index contributed by atoms with van der Waals surface area (Å²) >= 11 is 0. The standard InChI is InChI=1S/C16H22N2O2/c1-3-18(4-2)12-14(11-17)13-6-7-15-16(10-13)20-9-5-8-19-15/h6-7,10,14H,3-5,8-9,12H2,1-2H3. The Morgan fingerprint density at radius 2 is 1.90 bits per heavy atom. The number of nitrogens with zero attached hydrogens (tertiary/aromatic N) is 2. The predicted octanol–water partition coefficient (Wildman–Crippen LogP) is 2.80. The molecule has 0 spiro atoms. The molecule has 108 valence electrons. The maximum Gasteiger partial charge on any atom is 0.161 e. The molecule has 0 amide bonds. The molecular formula is C16H22N2O2. The third-order valence-electron chi connectivity index (χ3n) is 3.66. The monoisotopic (exact) mass is 274 g/mol. The van der Waals surface area contributed by atoms with Crippen molar-refractivity contribution in [2.24, 2.45) is 0 Å². The summed E-state index contributed by atoms with van der Waals surface area (Å²) in [5.41, 5.74) is 1.00. The summed E-state index contributed by atoms with van der Waals surface area (Å²) in [5, 5.41) is 9.43. The summed E-state index contributed by atoms with van der Waals surface area (Å²) in [7, 11) is 0. The van der Waals surface area contributed by atoms with Crippen LogP contribution in [0.5, 0.6) is 11.5 Å². The van der Waals surface area contributed by atoms with Crippen LogP contribution in [0.4, 0.5) is 0 Å². The van der Waals surface area contributed by atoms with E-state index < -0.39 is 0 Å². The number of benzene rings is 1. The molecule has 4 heteroatoms. The summed E-state index contributed by atoms with van der Waals surface area (Å²) < 4.78 is 11.3. The second-order valence-electron chi connectivity index (χ2n) is 4.92. The number of likely N-dealkylation sites (N-methyl/N-ethyl adjacent to an activating group) is 1. The molecule has 0 fully saturated rings. The SMILES string of the molecule is CCN(CC)CC(C#N)c1ccc2c(c1)OCCCO2. The van der Waals surface area contributed by atoms with Crippen molar-refractivity contribution in [3.8, 4) is 17.6 Å². The van der Waals surface area contributed by atoms with Gasteiger partial charge in [0, 0.05) is 13.0 Å². The van der Waals surface area contributed by atoms with Crippen LogP contribution in [-0.4, -0.2) is 37.7 Å². The van der Waals surface area contributed by atoms with Crippen LogP contribution in [0.15, 0.2) is 18.2 Å². The van der Waals surface area contributed by atoms with Gasteiger partial charge in [-0.05, 0) is 30.8 Å². The highest BCUT2D eigenvalue weighted by Crippen LogP contribution is 2.32. The van der Waals surface area contributed by atoms with Crippen LogP contribution >= 0.6 is 0 Å². The molecule has 1 aromatic rings. The molecule has 1 heterocycles. The lowest BCUT2D eigenvalue weighted by Crippen LogP contribution is -2.27. The van der Waals surface area contributed by atoms with E-state index in [9.17, 15) is 5.26 Å². The quantitative estimate of drug-likeness (QED) is 0.828. The highest BCUT2D eigenvalue weighted by atomic mass is 16.5. The summed E-state index contributed by atoms with van der Waals surface area (Å²) in [5.74, 6) is 1.41. The fourth-order valence-electron chi connectivity index (χ4n) is 2.36. The van der Waals surface area contributed by atoms with Gasteiger partial charge in [-0.25, -0.2) is 0 Å². The van der Waals surface area contributed by atoms with Gasteiger partial charge in [0.15, 0.2) is 11.5 Å². The third-order valence-corrected chi connectivity index (χ3v) is 3.66. The molecule has 0 bridgehead atoms. The van der Waals surface area contributed by atoms with Gasteiger partial charge in [0.05, 0.1) is 25.2 Å². The second kappa shape index (κ2) is 7.16. The van der Waals surface area contributed by atoms with Crippen molar-refractivity contribution in [1.29, 1.82) is 5.26 Å². The van der Waals surface area contributed by atoms with E-state index in [0.29, 0.717) is 13.2 Å². The molecule has 0 N–H and O–H groups in total. The van der Waals surface area contributed by atoms with Gasteiger partial charge in [0.2, 0.25) is 0 Å². The van der Waals surface area contributed by atoms with Crippen LogP contribution in [0.1, 0.15) is 31.7 Å². The molecule has 1 aliphatic heterocycles. The molecule has 0 radical (unpaired) electrons. The normalized spacial score (nSPS) is 15.5. The number of hydrogen-bond donors (Lipinski definition) is 0. The highest BCUT2D eigenvalue weighted by molar-refractivity contribution is 5.45. The minimum atomic E-state index is -0.132. The zero-order chi connectivity index (χ0) is 14.4. The van der Waals surface area contributed by atoms with Crippen LogP contribution in [0.2, 0.25) is 0 Å². The first-order chi connectivity index (χ1) is 9.78. The van der Waals surface area contributed by atoms with E-state index in [0.717, 1.165) is 43.1 Å². The molecule has 0 aliphatic carbocycles. The van der Waals surface area contributed by atoms with Crippen LogP contribution in [-0.2, 0) is 0 Å². The van der Waals surface area contributed by atoms with Crippen LogP contribution < -0.4 is 9.47 Å². The number of hydrogen-bond acceptors (Lipinski definition) is 4. The van der Waals surface area contributed by atoms with Crippen molar-refractivity contribution in [1.82, 2.24) is 4.90 Å². The molecule has 1 aromatic carbocycles. The Morgan fingerprint density at radius 3 is 2.55 bits per heavy atom. The largest absolute Gasteiger partial charge is 0.490 e. The van der Waals surface area contributed by atoms with E-state index in [4.69, 9.17) is 9.47 Å². The molecule has 2 rings (SSSR count). The van der Waals surface area contributed by atoms with Gasteiger partial charge in [-0.3, -0.25) is 0 Å². The lowest BCUT2D eigenvalue weighted by atomic mass is 9.99. The van der Waals surface area contributed by atoms with Gasteiger partial charge < -0.3 is 14.4 Å². The smallest absolute Gasteiger partial charge is 0.161 e. The number of fused-ring (bicyclic) bond motifs is 1. The zero-order valence-electron chi connectivity index (χ0n) is 12.3. The van der Waals surface area contributed by atoms with Gasteiger partial charge in [-0.15, -0.1) is 0 Å². The Bertz CT molecular complexity index is 478. The van der Waals surface area contributed by atoms with Gasteiger partial charge in [0.1, 0.15) is 0 Å². The van der Waals surface area contributed by atoms with Crippen molar-refractivity contribution >= 4 is 0 Å². The zero-order valence-corrected chi connectivity index (χ0v) is 12.3. The van der Waals surface area contributed by atoms with Crippen molar-refractivity contribution in [3.05, 3.63) is 23.8 Å². The molecule has 0 aromatic heterocycles. The van der Waals surface area contributed by atoms with E-state index >= 15 is 0 Å². The first-order valence-electron chi connectivity index (χ1n) is 7.30. The second-order valence-corrected chi connectivity index (χ2v) is 4.92. The minimum absolute atomic E-state index is 0.132. The van der Waals surface area contributed by atoms with E-state index in [1.54, 1.807) is 0 Å². The third kappa shape index (κ3) is 3.43. The molecular weight excluding hydrogens is 252 g/mol. The van der Waals surface area contributed by atoms with E-state index in [-0.39, 0.29) is 5.92 Å². The van der Waals surface area contributed by atoms with Gasteiger partial charge in [-0.1, -0.05) is 19.9 Å². The van der Waals surface area contributed by atoms with Crippen LogP contribution in [0.25, 0.3) is 0 Å². The summed E-state index contributed by atoms with van der Waals surface area (Å²) in [6.07, 6.45) is 0.894. The lowest BCUT2D eigenvalue weighted by Gasteiger charge is -2.21. The molecule has 1 aliphatic rings. The van der Waals surface area contributed by atoms with Crippen molar-refractivity contribution in [3.63, 3.8) is 0 Å². The minimum Gasteiger partial charge on any atom is -0.490 e. The fraction of sp³-hybridized carbons (Fsp3) is 0.562. The predicted molar refractivity (Wildman–Crippen MR) is 78.2 cm³/mol. The Kier molecular flexibility index (Phi) is 5.25. The first-order valence-corrected chi connectivity index (χ1v) is 7.30. The average Bonchev–Trinajstić information content (AvgIpc) is 2.73. The van der Waals surface area contributed by atoms with E-state index in [2.05, 4.69) is 24.8 Å². The number of ether oxygens (including phenoxy) is 2. The van der Waals surface area contributed by atoms with Crippen molar-refractivity contribution in [2.45, 2.75) is 26.2 Å². The maximum absolute atomic E-state index is 9.43. The van der Waals surface area contributed by atoms with Crippen molar-refractivity contribution in [2.75, 3.05) is 32.8 Å². The summed E-state index contributed by atoms with van der Waals surface area (Å²) in [6.45, 7) is 8.26. The number of rotatable bonds is 5. The van der Waals surface area contributed by atoms with Crippen LogP contribution in [0, 0.1) is 11.3 Å². The molecule has 1 atom stereocenters. The van der Waals surface area contributed by atoms with Gasteiger partial charge in [-0.2, -0.15) is 5.26 Å². The number of nitriles is 1. The maximum atomic E-state index is 9.43. The van der Waals surface area contributed by atoms with E-state index in [1.807, 2.05) is 18.2 Å². The topological polar surface area (TPSA) is 45.5 Å². The molecule has 20 heavy (non-hydrogen) atoms. The molecule has 0 saturated carbocycles. The van der Waals surface area contributed by atoms with Gasteiger partial charge >= 0.3 is 0 Å². The first kappa shape index (κ1) is 14.7. The summed E-state index contributed by atoms with van der Waals surface area (Å²) in [4.78, 5) is 2.26. The van der Waals surface area contributed by atoms with Crippen LogP contribution in [0.3, 0.4) is 0 Å². The Hall–Kier alpha value is -1.73. The Morgan fingerprint density at radius 1 is 1.20 bits per heavy atom. The fourth-order valence-corrected chi connectivity index (χ4v) is 2.36. The average molecular weight is 274 g/mol. The molecule has 1 unspecified atom stereocenters. The summed E-state index contributed by atoms with van der Waals surface area (Å²) in [6, 6.07) is 8.25. The Balaban J connectivity index is 2.18. The van der Waals surface area contributed by atoms with Crippen molar-refractivity contribution < 1.29 is 9.47 Å². The van der Waals surface area contributed by atoms with Gasteiger partial charge in [0.25, 0.3) is 0 Å².